The first-order valence-electron chi connectivity index (χ1n) is 6.00. The van der Waals surface area contributed by atoms with E-state index in [-0.39, 0.29) is 17.4 Å². The number of rotatable bonds is 5. The smallest absolute Gasteiger partial charge is 0.221 e. The van der Waals surface area contributed by atoms with E-state index >= 15 is 0 Å². The maximum atomic E-state index is 11.9. The second-order valence-electron chi connectivity index (χ2n) is 4.89. The minimum absolute atomic E-state index is 0.0408. The molecular weight excluding hydrogens is 218 g/mol. The largest absolute Gasteiger partial charge is 0.346 e. The Balaban J connectivity index is 1.85. The number of nitrogens with two attached hydrogens (primary N) is 1. The highest BCUT2D eigenvalue weighted by molar-refractivity contribution is 5.77. The van der Waals surface area contributed by atoms with Crippen molar-refractivity contribution in [1.82, 2.24) is 20.5 Å². The number of aromatic nitrogens is 3. The normalized spacial score (nSPS) is 19.4. The molecule has 1 aromatic rings. The van der Waals surface area contributed by atoms with Crippen LogP contribution in [0.1, 0.15) is 44.5 Å². The first-order valence-corrected chi connectivity index (χ1v) is 6.00. The van der Waals surface area contributed by atoms with Crippen LogP contribution < -0.4 is 11.1 Å². The first kappa shape index (κ1) is 12.0. The highest BCUT2D eigenvalue weighted by Gasteiger charge is 2.37. The van der Waals surface area contributed by atoms with E-state index in [1.807, 2.05) is 6.92 Å². The van der Waals surface area contributed by atoms with Gasteiger partial charge in [0.25, 0.3) is 0 Å². The number of aromatic amines is 1. The predicted molar refractivity (Wildman–Crippen MR) is 62.9 cm³/mol. The van der Waals surface area contributed by atoms with Crippen LogP contribution in [-0.4, -0.2) is 27.6 Å². The van der Waals surface area contributed by atoms with E-state index in [2.05, 4.69) is 20.5 Å². The molecule has 1 atom stereocenters. The average Bonchev–Trinajstić information content (AvgIpc) is 2.76. The number of amides is 1. The lowest BCUT2D eigenvalue weighted by atomic mass is 9.66. The summed E-state index contributed by atoms with van der Waals surface area (Å²) in [6.07, 6.45) is 5.26. The fourth-order valence-corrected chi connectivity index (χ4v) is 2.25. The molecule has 0 spiro atoms. The van der Waals surface area contributed by atoms with Gasteiger partial charge in [-0.2, -0.15) is 5.10 Å². The lowest BCUT2D eigenvalue weighted by Gasteiger charge is -2.40. The van der Waals surface area contributed by atoms with Crippen molar-refractivity contribution in [3.8, 4) is 0 Å². The summed E-state index contributed by atoms with van der Waals surface area (Å²) in [6, 6.07) is -0.139. The van der Waals surface area contributed by atoms with Crippen molar-refractivity contribution < 1.29 is 4.79 Å². The Kier molecular flexibility index (Phi) is 3.42. The van der Waals surface area contributed by atoms with Gasteiger partial charge in [0.15, 0.2) is 0 Å². The molecule has 0 saturated heterocycles. The molecule has 0 aromatic carbocycles. The van der Waals surface area contributed by atoms with Gasteiger partial charge in [-0.15, -0.1) is 0 Å². The average molecular weight is 237 g/mol. The predicted octanol–water partition coefficient (Wildman–Crippen LogP) is 0.501. The van der Waals surface area contributed by atoms with Crippen LogP contribution in [0.3, 0.4) is 0 Å². The van der Waals surface area contributed by atoms with Crippen LogP contribution in [0.25, 0.3) is 0 Å². The van der Waals surface area contributed by atoms with E-state index in [9.17, 15) is 4.79 Å². The van der Waals surface area contributed by atoms with Gasteiger partial charge in [0.1, 0.15) is 12.2 Å². The van der Waals surface area contributed by atoms with Crippen LogP contribution in [0.5, 0.6) is 0 Å². The fourth-order valence-electron chi connectivity index (χ4n) is 2.25. The van der Waals surface area contributed by atoms with Gasteiger partial charge in [0.05, 0.1) is 6.04 Å². The summed E-state index contributed by atoms with van der Waals surface area (Å²) < 4.78 is 0. The zero-order valence-electron chi connectivity index (χ0n) is 10.1. The summed E-state index contributed by atoms with van der Waals surface area (Å²) >= 11 is 0. The van der Waals surface area contributed by atoms with Gasteiger partial charge in [0, 0.05) is 6.42 Å². The van der Waals surface area contributed by atoms with Gasteiger partial charge in [-0.25, -0.2) is 4.98 Å². The van der Waals surface area contributed by atoms with Crippen LogP contribution in [0.15, 0.2) is 6.33 Å². The highest BCUT2D eigenvalue weighted by Crippen LogP contribution is 2.42. The zero-order valence-corrected chi connectivity index (χ0v) is 10.1. The molecule has 0 bridgehead atoms. The molecule has 1 fully saturated rings. The van der Waals surface area contributed by atoms with E-state index in [1.54, 1.807) is 0 Å². The molecule has 1 aliphatic carbocycles. The molecule has 1 aliphatic rings. The van der Waals surface area contributed by atoms with E-state index in [1.165, 1.54) is 12.7 Å². The van der Waals surface area contributed by atoms with Gasteiger partial charge in [0.2, 0.25) is 5.91 Å². The number of hydrogen-bond donors (Lipinski definition) is 3. The maximum absolute atomic E-state index is 11.9. The Hall–Kier alpha value is -1.43. The molecule has 0 aliphatic heterocycles. The van der Waals surface area contributed by atoms with Crippen molar-refractivity contribution >= 4 is 5.91 Å². The van der Waals surface area contributed by atoms with Crippen molar-refractivity contribution in [2.75, 3.05) is 6.54 Å². The van der Waals surface area contributed by atoms with Gasteiger partial charge in [-0.05, 0) is 31.7 Å². The van der Waals surface area contributed by atoms with Crippen molar-refractivity contribution in [2.24, 2.45) is 11.1 Å². The fraction of sp³-hybridized carbons (Fsp3) is 0.727. The maximum Gasteiger partial charge on any atom is 0.221 e. The second kappa shape index (κ2) is 4.83. The van der Waals surface area contributed by atoms with Crippen LogP contribution in [-0.2, 0) is 4.79 Å². The Labute approximate surface area is 100 Å². The summed E-state index contributed by atoms with van der Waals surface area (Å²) in [7, 11) is 0. The molecule has 6 nitrogen and oxygen atoms in total. The summed E-state index contributed by atoms with van der Waals surface area (Å²) in [5.41, 5.74) is 5.78. The molecule has 6 heteroatoms. The van der Waals surface area contributed by atoms with Crippen molar-refractivity contribution in [2.45, 2.75) is 38.6 Å². The topological polar surface area (TPSA) is 96.7 Å². The van der Waals surface area contributed by atoms with Crippen molar-refractivity contribution in [1.29, 1.82) is 0 Å². The number of carbonyl (C=O) groups is 1. The molecule has 2 rings (SSSR count). The number of H-pyrrole nitrogens is 1. The molecule has 1 heterocycles. The Morgan fingerprint density at radius 3 is 2.94 bits per heavy atom. The molecule has 94 valence electrons. The molecule has 1 aromatic heterocycles. The Morgan fingerprint density at radius 2 is 2.47 bits per heavy atom. The van der Waals surface area contributed by atoms with E-state index in [0.29, 0.717) is 18.8 Å². The Morgan fingerprint density at radius 1 is 1.71 bits per heavy atom. The third-order valence-corrected chi connectivity index (χ3v) is 3.60. The number of hydrogen-bond acceptors (Lipinski definition) is 4. The Bertz CT molecular complexity index is 366. The highest BCUT2D eigenvalue weighted by atomic mass is 16.1. The minimum Gasteiger partial charge on any atom is -0.346 e. The van der Waals surface area contributed by atoms with Crippen molar-refractivity contribution in [3.63, 3.8) is 0 Å². The molecule has 0 radical (unpaired) electrons. The number of nitrogens with one attached hydrogen (secondary N) is 2. The molecule has 4 N–H and O–H groups in total. The summed E-state index contributed by atoms with van der Waals surface area (Å²) in [4.78, 5) is 15.9. The summed E-state index contributed by atoms with van der Waals surface area (Å²) in [6.45, 7) is 2.48. The molecule has 1 unspecified atom stereocenters. The van der Waals surface area contributed by atoms with E-state index in [0.717, 1.165) is 12.8 Å². The van der Waals surface area contributed by atoms with Gasteiger partial charge in [-0.1, -0.05) is 6.42 Å². The third-order valence-electron chi connectivity index (χ3n) is 3.60. The molecule has 17 heavy (non-hydrogen) atoms. The summed E-state index contributed by atoms with van der Waals surface area (Å²) in [5, 5.41) is 9.42. The van der Waals surface area contributed by atoms with E-state index < -0.39 is 0 Å². The lowest BCUT2D eigenvalue weighted by molar-refractivity contribution is -0.125. The van der Waals surface area contributed by atoms with Crippen LogP contribution >= 0.6 is 0 Å². The lowest BCUT2D eigenvalue weighted by Crippen LogP contribution is -2.42. The van der Waals surface area contributed by atoms with Gasteiger partial charge < -0.3 is 11.1 Å². The van der Waals surface area contributed by atoms with Gasteiger partial charge in [-0.3, -0.25) is 9.89 Å². The van der Waals surface area contributed by atoms with Crippen LogP contribution in [0.4, 0.5) is 0 Å². The molecule has 1 amide bonds. The van der Waals surface area contributed by atoms with Crippen LogP contribution in [0, 0.1) is 5.41 Å². The molecule has 1 saturated carbocycles. The SMILES string of the molecule is CC(NC(=O)CC1(CN)CCC1)c1ncn[nH]1. The quantitative estimate of drug-likeness (QED) is 0.694. The second-order valence-corrected chi connectivity index (χ2v) is 4.89. The summed E-state index contributed by atoms with van der Waals surface area (Å²) in [5.74, 6) is 0.716. The zero-order chi connectivity index (χ0) is 12.3. The number of nitrogens with zero attached hydrogens (tertiary/aromatic N) is 2. The third kappa shape index (κ3) is 2.63. The van der Waals surface area contributed by atoms with Crippen LogP contribution in [0.2, 0.25) is 0 Å². The minimum atomic E-state index is -0.139. The monoisotopic (exact) mass is 237 g/mol. The van der Waals surface area contributed by atoms with Crippen molar-refractivity contribution in [3.05, 3.63) is 12.2 Å². The first-order chi connectivity index (χ1) is 8.15. The standard InChI is InChI=1S/C11H19N5O/c1-8(10-13-7-14-16-10)15-9(17)5-11(6-12)3-2-4-11/h7-8H,2-6,12H2,1H3,(H,15,17)(H,13,14,16). The number of carbonyl (C=O) groups excluding carboxylic acids is 1. The van der Waals surface area contributed by atoms with Gasteiger partial charge >= 0.3 is 0 Å². The van der Waals surface area contributed by atoms with E-state index in [4.69, 9.17) is 5.73 Å². The molecular formula is C11H19N5O.